The van der Waals surface area contributed by atoms with E-state index in [1.807, 2.05) is 26.8 Å². The van der Waals surface area contributed by atoms with Gasteiger partial charge in [-0.2, -0.15) is 0 Å². The molecular formula is C26H29N3O4S. The van der Waals surface area contributed by atoms with Crippen LogP contribution in [0, 0.1) is 19.8 Å². The molecule has 0 aliphatic carbocycles. The molecule has 0 bridgehead atoms. The van der Waals surface area contributed by atoms with E-state index in [-0.39, 0.29) is 22.3 Å². The van der Waals surface area contributed by atoms with Gasteiger partial charge < -0.3 is 10.6 Å². The average Bonchev–Trinajstić information content (AvgIpc) is 2.74. The molecule has 0 atom stereocenters. The summed E-state index contributed by atoms with van der Waals surface area (Å²) >= 11 is 0. The summed E-state index contributed by atoms with van der Waals surface area (Å²) in [6.07, 6.45) is 0.426. The third-order valence-corrected chi connectivity index (χ3v) is 6.43. The Morgan fingerprint density at radius 2 is 1.47 bits per heavy atom. The molecule has 0 unspecified atom stereocenters. The molecule has 3 aromatic carbocycles. The predicted molar refractivity (Wildman–Crippen MR) is 136 cm³/mol. The second kappa shape index (κ2) is 10.5. The van der Waals surface area contributed by atoms with Crippen LogP contribution in [0.5, 0.6) is 0 Å². The van der Waals surface area contributed by atoms with Crippen molar-refractivity contribution in [2.75, 3.05) is 15.4 Å². The standard InChI is InChI=1S/C26H29N3O4S/c1-17(2)14-25(30)27-20-9-11-21(12-10-20)28-26(31)24-16-23(13-8-19(24)4)34(32,33)29-22-7-5-6-18(3)15-22/h5-13,15-17,29H,14H2,1-4H3,(H,27,30)(H,28,31). The smallest absolute Gasteiger partial charge is 0.261 e. The van der Waals surface area contributed by atoms with E-state index in [2.05, 4.69) is 15.4 Å². The average molecular weight is 480 g/mol. The van der Waals surface area contributed by atoms with Gasteiger partial charge in [-0.3, -0.25) is 14.3 Å². The zero-order valence-electron chi connectivity index (χ0n) is 19.7. The summed E-state index contributed by atoms with van der Waals surface area (Å²) in [5.74, 6) is -0.241. The highest BCUT2D eigenvalue weighted by atomic mass is 32.2. The second-order valence-corrected chi connectivity index (χ2v) is 10.3. The van der Waals surface area contributed by atoms with Crippen LogP contribution in [0.25, 0.3) is 0 Å². The molecule has 0 fully saturated rings. The Morgan fingerprint density at radius 3 is 2.09 bits per heavy atom. The van der Waals surface area contributed by atoms with E-state index in [1.54, 1.807) is 55.5 Å². The van der Waals surface area contributed by atoms with Gasteiger partial charge in [0.2, 0.25) is 5.91 Å². The molecule has 0 heterocycles. The Morgan fingerprint density at radius 1 is 0.824 bits per heavy atom. The summed E-state index contributed by atoms with van der Waals surface area (Å²) in [6.45, 7) is 7.56. The topological polar surface area (TPSA) is 104 Å². The number of hydrogen-bond acceptors (Lipinski definition) is 4. The van der Waals surface area contributed by atoms with Gasteiger partial charge in [-0.1, -0.05) is 32.0 Å². The molecule has 3 aromatic rings. The lowest BCUT2D eigenvalue weighted by molar-refractivity contribution is -0.116. The molecule has 178 valence electrons. The number of hydrogen-bond donors (Lipinski definition) is 3. The Kier molecular flexibility index (Phi) is 7.73. The molecule has 34 heavy (non-hydrogen) atoms. The predicted octanol–water partition coefficient (Wildman–Crippen LogP) is 5.34. The third-order valence-electron chi connectivity index (χ3n) is 5.05. The van der Waals surface area contributed by atoms with Crippen LogP contribution in [0.15, 0.2) is 71.6 Å². The van der Waals surface area contributed by atoms with Crippen molar-refractivity contribution < 1.29 is 18.0 Å². The van der Waals surface area contributed by atoms with E-state index < -0.39 is 15.9 Å². The minimum Gasteiger partial charge on any atom is -0.326 e. The molecule has 8 heteroatoms. The maximum absolute atomic E-state index is 12.9. The van der Waals surface area contributed by atoms with Crippen LogP contribution in [0.4, 0.5) is 17.1 Å². The van der Waals surface area contributed by atoms with Crippen molar-refractivity contribution >= 4 is 38.9 Å². The zero-order valence-corrected chi connectivity index (χ0v) is 20.5. The summed E-state index contributed by atoms with van der Waals surface area (Å²) in [6, 6.07) is 18.2. The minimum atomic E-state index is -3.87. The maximum Gasteiger partial charge on any atom is 0.261 e. The number of nitrogens with one attached hydrogen (secondary N) is 3. The molecular weight excluding hydrogens is 450 g/mol. The fourth-order valence-electron chi connectivity index (χ4n) is 3.35. The van der Waals surface area contributed by atoms with Crippen LogP contribution in [0.3, 0.4) is 0 Å². The molecule has 2 amide bonds. The molecule has 7 nitrogen and oxygen atoms in total. The van der Waals surface area contributed by atoms with E-state index in [1.165, 1.54) is 12.1 Å². The normalized spacial score (nSPS) is 11.2. The van der Waals surface area contributed by atoms with Crippen LogP contribution in [-0.4, -0.2) is 20.2 Å². The summed E-state index contributed by atoms with van der Waals surface area (Å²) in [7, 11) is -3.87. The van der Waals surface area contributed by atoms with Crippen LogP contribution in [-0.2, 0) is 14.8 Å². The number of carbonyl (C=O) groups excluding carboxylic acids is 2. The van der Waals surface area contributed by atoms with Crippen LogP contribution >= 0.6 is 0 Å². The van der Waals surface area contributed by atoms with E-state index in [0.717, 1.165) is 5.56 Å². The van der Waals surface area contributed by atoms with Gasteiger partial charge in [0.25, 0.3) is 15.9 Å². The lowest BCUT2D eigenvalue weighted by Gasteiger charge is -2.13. The number of aryl methyl sites for hydroxylation is 2. The lowest BCUT2D eigenvalue weighted by atomic mass is 10.1. The van der Waals surface area contributed by atoms with Crippen LogP contribution in [0.1, 0.15) is 41.8 Å². The summed E-state index contributed by atoms with van der Waals surface area (Å²) < 4.78 is 28.3. The second-order valence-electron chi connectivity index (χ2n) is 8.63. The Balaban J connectivity index is 1.74. The highest BCUT2D eigenvalue weighted by Gasteiger charge is 2.19. The van der Waals surface area contributed by atoms with Crippen molar-refractivity contribution in [3.8, 4) is 0 Å². The van der Waals surface area contributed by atoms with E-state index >= 15 is 0 Å². The lowest BCUT2D eigenvalue weighted by Crippen LogP contribution is -2.17. The third kappa shape index (κ3) is 6.68. The van der Waals surface area contributed by atoms with E-state index in [9.17, 15) is 18.0 Å². The molecule has 3 N–H and O–H groups in total. The van der Waals surface area contributed by atoms with Crippen molar-refractivity contribution in [3.63, 3.8) is 0 Å². The number of rotatable bonds is 8. The van der Waals surface area contributed by atoms with Gasteiger partial charge in [0.05, 0.1) is 4.90 Å². The fourth-order valence-corrected chi connectivity index (χ4v) is 4.43. The Hall–Kier alpha value is -3.65. The first kappa shape index (κ1) is 25.0. The van der Waals surface area contributed by atoms with Gasteiger partial charge >= 0.3 is 0 Å². The first-order valence-electron chi connectivity index (χ1n) is 10.9. The molecule has 0 spiro atoms. The highest BCUT2D eigenvalue weighted by molar-refractivity contribution is 7.92. The van der Waals surface area contributed by atoms with Gasteiger partial charge in [0, 0.05) is 29.0 Å². The van der Waals surface area contributed by atoms with Gasteiger partial charge in [-0.25, -0.2) is 8.42 Å². The molecule has 0 aliphatic rings. The summed E-state index contributed by atoms with van der Waals surface area (Å²) in [5, 5.41) is 5.60. The number of carbonyl (C=O) groups is 2. The number of benzene rings is 3. The van der Waals surface area contributed by atoms with Crippen molar-refractivity contribution in [1.29, 1.82) is 0 Å². The molecule has 0 aromatic heterocycles. The number of amides is 2. The van der Waals surface area contributed by atoms with E-state index in [4.69, 9.17) is 0 Å². The highest BCUT2D eigenvalue weighted by Crippen LogP contribution is 2.22. The van der Waals surface area contributed by atoms with Gasteiger partial charge in [-0.05, 0) is 79.4 Å². The van der Waals surface area contributed by atoms with Crippen LogP contribution in [0.2, 0.25) is 0 Å². The number of anilines is 3. The Bertz CT molecular complexity index is 1300. The first-order chi connectivity index (χ1) is 16.0. The van der Waals surface area contributed by atoms with Gasteiger partial charge in [-0.15, -0.1) is 0 Å². The molecule has 3 rings (SSSR count). The number of sulfonamides is 1. The van der Waals surface area contributed by atoms with Gasteiger partial charge in [0.1, 0.15) is 0 Å². The maximum atomic E-state index is 12.9. The fraction of sp³-hybridized carbons (Fsp3) is 0.231. The molecule has 0 aliphatic heterocycles. The van der Waals surface area contributed by atoms with Crippen molar-refractivity contribution in [1.82, 2.24) is 0 Å². The zero-order chi connectivity index (χ0) is 24.9. The van der Waals surface area contributed by atoms with Gasteiger partial charge in [0.15, 0.2) is 0 Å². The van der Waals surface area contributed by atoms with E-state index in [0.29, 0.717) is 29.0 Å². The van der Waals surface area contributed by atoms with Crippen molar-refractivity contribution in [3.05, 3.63) is 83.4 Å². The van der Waals surface area contributed by atoms with Crippen molar-refractivity contribution in [2.45, 2.75) is 39.0 Å². The largest absolute Gasteiger partial charge is 0.326 e. The molecule has 0 saturated heterocycles. The quantitative estimate of drug-likeness (QED) is 0.405. The first-order valence-corrected chi connectivity index (χ1v) is 12.4. The van der Waals surface area contributed by atoms with Crippen LogP contribution < -0.4 is 15.4 Å². The Labute approximate surface area is 200 Å². The SMILES string of the molecule is Cc1cccc(NS(=O)(=O)c2ccc(C)c(C(=O)Nc3ccc(NC(=O)CC(C)C)cc3)c2)c1. The minimum absolute atomic E-state index is 0.00651. The summed E-state index contributed by atoms with van der Waals surface area (Å²) in [4.78, 5) is 24.8. The monoisotopic (exact) mass is 479 g/mol. The molecule has 0 saturated carbocycles. The summed E-state index contributed by atoms with van der Waals surface area (Å²) in [5.41, 5.74) is 3.43. The van der Waals surface area contributed by atoms with Crippen molar-refractivity contribution in [2.24, 2.45) is 5.92 Å². The molecule has 0 radical (unpaired) electrons.